The van der Waals surface area contributed by atoms with Crippen LogP contribution >= 0.6 is 23.2 Å². The zero-order valence-electron chi connectivity index (χ0n) is 9.97. The number of anilines is 1. The predicted octanol–water partition coefficient (Wildman–Crippen LogP) is 3.79. The Balaban J connectivity index is 2.19. The number of halogens is 3. The van der Waals surface area contributed by atoms with Gasteiger partial charge in [-0.2, -0.15) is 5.10 Å². The van der Waals surface area contributed by atoms with E-state index in [4.69, 9.17) is 23.2 Å². The lowest BCUT2D eigenvalue weighted by Crippen LogP contribution is -2.02. The first kappa shape index (κ1) is 13.2. The van der Waals surface area contributed by atoms with Crippen LogP contribution < -0.4 is 5.32 Å². The average molecular weight is 288 g/mol. The lowest BCUT2D eigenvalue weighted by molar-refractivity contribution is 0.630. The number of hydrogen-bond donors (Lipinski definition) is 1. The summed E-state index contributed by atoms with van der Waals surface area (Å²) >= 11 is 11.8. The van der Waals surface area contributed by atoms with E-state index < -0.39 is 5.82 Å². The third kappa shape index (κ3) is 2.44. The maximum atomic E-state index is 13.7. The van der Waals surface area contributed by atoms with Crippen molar-refractivity contribution in [3.63, 3.8) is 0 Å². The maximum absolute atomic E-state index is 13.7. The molecule has 2 aromatic rings. The highest BCUT2D eigenvalue weighted by atomic mass is 35.5. The number of hydrogen-bond acceptors (Lipinski definition) is 2. The fourth-order valence-electron chi connectivity index (χ4n) is 1.70. The molecule has 0 unspecified atom stereocenters. The molecule has 0 amide bonds. The molecule has 1 aromatic carbocycles. The first-order valence-corrected chi connectivity index (χ1v) is 6.12. The quantitative estimate of drug-likeness (QED) is 0.931. The number of aryl methyl sites for hydroxylation is 2. The van der Waals surface area contributed by atoms with Crippen molar-refractivity contribution in [3.05, 3.63) is 45.4 Å². The van der Waals surface area contributed by atoms with E-state index in [0.29, 0.717) is 17.4 Å². The molecule has 0 aliphatic rings. The van der Waals surface area contributed by atoms with E-state index in [2.05, 4.69) is 10.4 Å². The van der Waals surface area contributed by atoms with Crippen LogP contribution in [0.2, 0.25) is 10.2 Å². The first-order valence-electron chi connectivity index (χ1n) is 5.36. The molecule has 0 radical (unpaired) electrons. The van der Waals surface area contributed by atoms with Gasteiger partial charge in [0.25, 0.3) is 0 Å². The summed E-state index contributed by atoms with van der Waals surface area (Å²) in [5, 5.41) is 7.79. The molecule has 3 nitrogen and oxygen atoms in total. The average Bonchev–Trinajstić information content (AvgIpc) is 2.56. The molecule has 0 spiro atoms. The molecule has 1 aromatic heterocycles. The maximum Gasteiger partial charge on any atom is 0.164 e. The third-order valence-electron chi connectivity index (χ3n) is 2.68. The van der Waals surface area contributed by atoms with Crippen molar-refractivity contribution in [2.45, 2.75) is 13.5 Å². The standard InChI is InChI=1S/C12H12Cl2FN3/c1-7-8(12(14)18(2)17-7)6-16-10-5-3-4-9(13)11(10)15/h3-5,16H,6H2,1-2H3. The number of benzene rings is 1. The van der Waals surface area contributed by atoms with Crippen molar-refractivity contribution in [1.29, 1.82) is 0 Å². The highest BCUT2D eigenvalue weighted by Gasteiger charge is 2.12. The Labute approximate surface area is 115 Å². The summed E-state index contributed by atoms with van der Waals surface area (Å²) in [4.78, 5) is 0. The Morgan fingerprint density at radius 2 is 2.11 bits per heavy atom. The van der Waals surface area contributed by atoms with Gasteiger partial charge in [0.05, 0.1) is 16.4 Å². The van der Waals surface area contributed by atoms with Gasteiger partial charge in [0.2, 0.25) is 0 Å². The minimum atomic E-state index is -0.461. The van der Waals surface area contributed by atoms with Crippen LogP contribution in [-0.2, 0) is 13.6 Å². The number of nitrogens with zero attached hydrogens (tertiary/aromatic N) is 2. The molecule has 0 saturated carbocycles. The van der Waals surface area contributed by atoms with E-state index in [1.807, 2.05) is 6.92 Å². The Kier molecular flexibility index (Phi) is 3.78. The van der Waals surface area contributed by atoms with Gasteiger partial charge < -0.3 is 5.32 Å². The highest BCUT2D eigenvalue weighted by Crippen LogP contribution is 2.24. The summed E-state index contributed by atoms with van der Waals surface area (Å²) in [6, 6.07) is 4.82. The van der Waals surface area contributed by atoms with E-state index in [1.54, 1.807) is 23.9 Å². The molecule has 0 bridgehead atoms. The minimum Gasteiger partial charge on any atom is -0.378 e. The first-order chi connectivity index (χ1) is 8.50. The molecule has 1 heterocycles. The molecule has 0 atom stereocenters. The van der Waals surface area contributed by atoms with Gasteiger partial charge in [0, 0.05) is 19.2 Å². The SMILES string of the molecule is Cc1nn(C)c(Cl)c1CNc1cccc(Cl)c1F. The summed E-state index contributed by atoms with van der Waals surface area (Å²) in [6.45, 7) is 2.26. The monoisotopic (exact) mass is 287 g/mol. The smallest absolute Gasteiger partial charge is 0.164 e. The molecule has 0 fully saturated rings. The topological polar surface area (TPSA) is 29.9 Å². The summed E-state index contributed by atoms with van der Waals surface area (Å²) in [5.41, 5.74) is 2.01. The Hall–Kier alpha value is -1.26. The van der Waals surface area contributed by atoms with Crippen LogP contribution in [0.4, 0.5) is 10.1 Å². The molecule has 0 aliphatic carbocycles. The Bertz CT molecular complexity index is 581. The molecule has 2 rings (SSSR count). The molecular weight excluding hydrogens is 276 g/mol. The van der Waals surface area contributed by atoms with Gasteiger partial charge >= 0.3 is 0 Å². The third-order valence-corrected chi connectivity index (χ3v) is 3.44. The molecule has 0 aliphatic heterocycles. The van der Waals surface area contributed by atoms with Crippen LogP contribution in [0.15, 0.2) is 18.2 Å². The van der Waals surface area contributed by atoms with Crippen LogP contribution in [-0.4, -0.2) is 9.78 Å². The molecule has 96 valence electrons. The Morgan fingerprint density at radius 1 is 1.39 bits per heavy atom. The van der Waals surface area contributed by atoms with Gasteiger partial charge in [-0.1, -0.05) is 29.3 Å². The van der Waals surface area contributed by atoms with Gasteiger partial charge in [-0.15, -0.1) is 0 Å². The number of aromatic nitrogens is 2. The van der Waals surface area contributed by atoms with Crippen molar-refractivity contribution < 1.29 is 4.39 Å². The van der Waals surface area contributed by atoms with Crippen LogP contribution in [0.1, 0.15) is 11.3 Å². The lowest BCUT2D eigenvalue weighted by atomic mass is 10.2. The largest absolute Gasteiger partial charge is 0.378 e. The van der Waals surface area contributed by atoms with Crippen LogP contribution in [0.5, 0.6) is 0 Å². The van der Waals surface area contributed by atoms with Gasteiger partial charge in [-0.25, -0.2) is 4.39 Å². The summed E-state index contributed by atoms with van der Waals surface area (Å²) in [5.74, 6) is -0.461. The molecular formula is C12H12Cl2FN3. The summed E-state index contributed by atoms with van der Waals surface area (Å²) < 4.78 is 15.2. The van der Waals surface area contributed by atoms with E-state index in [9.17, 15) is 4.39 Å². The van der Waals surface area contributed by atoms with Crippen molar-refractivity contribution in [2.75, 3.05) is 5.32 Å². The van der Waals surface area contributed by atoms with Crippen molar-refractivity contribution in [3.8, 4) is 0 Å². The number of nitrogens with one attached hydrogen (secondary N) is 1. The second-order valence-corrected chi connectivity index (χ2v) is 4.70. The lowest BCUT2D eigenvalue weighted by Gasteiger charge is -2.08. The zero-order chi connectivity index (χ0) is 13.3. The van der Waals surface area contributed by atoms with E-state index in [-0.39, 0.29) is 5.02 Å². The fraction of sp³-hybridized carbons (Fsp3) is 0.250. The van der Waals surface area contributed by atoms with E-state index in [1.165, 1.54) is 6.07 Å². The van der Waals surface area contributed by atoms with Crippen LogP contribution in [0, 0.1) is 12.7 Å². The van der Waals surface area contributed by atoms with Crippen molar-refractivity contribution >= 4 is 28.9 Å². The van der Waals surface area contributed by atoms with Crippen LogP contribution in [0.3, 0.4) is 0 Å². The summed E-state index contributed by atoms with van der Waals surface area (Å²) in [6.07, 6.45) is 0. The van der Waals surface area contributed by atoms with Crippen molar-refractivity contribution in [1.82, 2.24) is 9.78 Å². The van der Waals surface area contributed by atoms with Gasteiger partial charge in [-0.05, 0) is 19.1 Å². The normalized spacial score (nSPS) is 10.7. The second kappa shape index (κ2) is 5.16. The molecule has 0 saturated heterocycles. The Morgan fingerprint density at radius 3 is 2.72 bits per heavy atom. The molecule has 6 heteroatoms. The van der Waals surface area contributed by atoms with E-state index in [0.717, 1.165) is 11.3 Å². The van der Waals surface area contributed by atoms with Gasteiger partial charge in [0.1, 0.15) is 5.15 Å². The van der Waals surface area contributed by atoms with Crippen LogP contribution in [0.25, 0.3) is 0 Å². The number of rotatable bonds is 3. The molecule has 1 N–H and O–H groups in total. The molecule has 18 heavy (non-hydrogen) atoms. The second-order valence-electron chi connectivity index (χ2n) is 3.93. The van der Waals surface area contributed by atoms with Crippen molar-refractivity contribution in [2.24, 2.45) is 7.05 Å². The van der Waals surface area contributed by atoms with Gasteiger partial charge in [-0.3, -0.25) is 4.68 Å². The zero-order valence-corrected chi connectivity index (χ0v) is 11.5. The van der Waals surface area contributed by atoms with E-state index >= 15 is 0 Å². The summed E-state index contributed by atoms with van der Waals surface area (Å²) in [7, 11) is 1.76. The fourth-order valence-corrected chi connectivity index (χ4v) is 2.11. The van der Waals surface area contributed by atoms with Gasteiger partial charge in [0.15, 0.2) is 5.82 Å². The highest BCUT2D eigenvalue weighted by molar-refractivity contribution is 6.31. The minimum absolute atomic E-state index is 0.0917. The predicted molar refractivity (Wildman–Crippen MR) is 71.7 cm³/mol.